The summed E-state index contributed by atoms with van der Waals surface area (Å²) in [5.74, 6) is 0. The first kappa shape index (κ1) is 13.7. The molecular formula is C23H15N3. The number of H-pyrrole nitrogens is 2. The van der Waals surface area contributed by atoms with E-state index in [9.17, 15) is 0 Å². The second-order valence-corrected chi connectivity index (χ2v) is 6.69. The molecule has 0 bridgehead atoms. The first-order valence-electron chi connectivity index (χ1n) is 8.75. The number of nitrogens with zero attached hydrogens (tertiary/aromatic N) is 1. The highest BCUT2D eigenvalue weighted by Crippen LogP contribution is 2.31. The van der Waals surface area contributed by atoms with Gasteiger partial charge in [-0.2, -0.15) is 0 Å². The van der Waals surface area contributed by atoms with Gasteiger partial charge in [-0.3, -0.25) is 0 Å². The van der Waals surface area contributed by atoms with Crippen LogP contribution in [0, 0.1) is 0 Å². The Balaban J connectivity index is 1.57. The van der Waals surface area contributed by atoms with Crippen LogP contribution in [0.2, 0.25) is 0 Å². The molecule has 0 spiro atoms. The van der Waals surface area contributed by atoms with Crippen molar-refractivity contribution in [2.45, 2.75) is 0 Å². The number of para-hydroxylation sites is 2. The molecule has 2 N–H and O–H groups in total. The van der Waals surface area contributed by atoms with Crippen LogP contribution in [0.4, 0.5) is 0 Å². The summed E-state index contributed by atoms with van der Waals surface area (Å²) < 4.78 is 0. The minimum absolute atomic E-state index is 0.931. The van der Waals surface area contributed by atoms with Crippen molar-refractivity contribution < 1.29 is 0 Å². The van der Waals surface area contributed by atoms with Crippen LogP contribution in [0.25, 0.3) is 55.0 Å². The van der Waals surface area contributed by atoms with Crippen molar-refractivity contribution in [1.29, 1.82) is 0 Å². The fourth-order valence-electron chi connectivity index (χ4n) is 3.90. The molecule has 0 amide bonds. The highest BCUT2D eigenvalue weighted by Gasteiger charge is 2.09. The maximum absolute atomic E-state index is 4.87. The van der Waals surface area contributed by atoms with Crippen molar-refractivity contribution in [3.8, 4) is 11.3 Å². The van der Waals surface area contributed by atoms with Crippen LogP contribution >= 0.6 is 0 Å². The number of fused-ring (bicyclic) bond motifs is 6. The molecule has 0 aliphatic rings. The molecule has 3 aromatic heterocycles. The second-order valence-electron chi connectivity index (χ2n) is 6.69. The van der Waals surface area contributed by atoms with E-state index in [4.69, 9.17) is 4.98 Å². The van der Waals surface area contributed by atoms with Crippen molar-refractivity contribution in [3.05, 3.63) is 78.9 Å². The van der Waals surface area contributed by atoms with Gasteiger partial charge in [-0.15, -0.1) is 0 Å². The quantitative estimate of drug-likeness (QED) is 0.380. The average molecular weight is 333 g/mol. The zero-order valence-electron chi connectivity index (χ0n) is 14.0. The zero-order valence-corrected chi connectivity index (χ0v) is 14.0. The Kier molecular flexibility index (Phi) is 2.61. The lowest BCUT2D eigenvalue weighted by Gasteiger charge is -2.02. The lowest BCUT2D eigenvalue weighted by atomic mass is 10.1. The predicted molar refractivity (Wildman–Crippen MR) is 108 cm³/mol. The molecular weight excluding hydrogens is 318 g/mol. The summed E-state index contributed by atoms with van der Waals surface area (Å²) >= 11 is 0. The van der Waals surface area contributed by atoms with Crippen LogP contribution in [0.1, 0.15) is 0 Å². The summed E-state index contributed by atoms with van der Waals surface area (Å²) in [6.07, 6.45) is 0. The number of aromatic nitrogens is 3. The summed E-state index contributed by atoms with van der Waals surface area (Å²) in [5, 5.41) is 4.88. The Morgan fingerprint density at radius 3 is 2.04 bits per heavy atom. The molecule has 3 heteroatoms. The van der Waals surface area contributed by atoms with Gasteiger partial charge in [0.2, 0.25) is 0 Å². The van der Waals surface area contributed by atoms with E-state index >= 15 is 0 Å². The van der Waals surface area contributed by atoms with Crippen LogP contribution in [0.5, 0.6) is 0 Å². The Bertz CT molecular complexity index is 1320. The molecule has 3 heterocycles. The van der Waals surface area contributed by atoms with E-state index in [1.54, 1.807) is 0 Å². The molecule has 0 atom stereocenters. The smallest absolute Gasteiger partial charge is 0.139 e. The van der Waals surface area contributed by atoms with Crippen molar-refractivity contribution in [1.82, 2.24) is 15.0 Å². The van der Waals surface area contributed by atoms with Gasteiger partial charge in [0, 0.05) is 43.7 Å². The van der Waals surface area contributed by atoms with Crippen LogP contribution in [0.15, 0.2) is 78.9 Å². The van der Waals surface area contributed by atoms with Crippen molar-refractivity contribution in [3.63, 3.8) is 0 Å². The monoisotopic (exact) mass is 333 g/mol. The number of nitrogens with one attached hydrogen (secondary N) is 2. The number of hydrogen-bond acceptors (Lipinski definition) is 1. The number of aromatic amines is 2. The minimum atomic E-state index is 0.931. The van der Waals surface area contributed by atoms with Crippen molar-refractivity contribution in [2.75, 3.05) is 0 Å². The van der Waals surface area contributed by atoms with Gasteiger partial charge >= 0.3 is 0 Å². The maximum Gasteiger partial charge on any atom is 0.139 e. The number of pyridine rings is 1. The molecule has 6 rings (SSSR count). The van der Waals surface area contributed by atoms with E-state index in [0.717, 1.165) is 33.3 Å². The number of rotatable bonds is 1. The molecule has 0 aliphatic heterocycles. The van der Waals surface area contributed by atoms with Gasteiger partial charge in [-0.25, -0.2) is 4.98 Å². The molecule has 6 aromatic rings. The van der Waals surface area contributed by atoms with Gasteiger partial charge in [0.25, 0.3) is 0 Å². The van der Waals surface area contributed by atoms with Gasteiger partial charge in [0.05, 0.1) is 5.69 Å². The molecule has 0 radical (unpaired) electrons. The highest BCUT2D eigenvalue weighted by molar-refractivity contribution is 6.09. The topological polar surface area (TPSA) is 44.5 Å². The maximum atomic E-state index is 4.87. The highest BCUT2D eigenvalue weighted by atomic mass is 14.9. The third-order valence-electron chi connectivity index (χ3n) is 5.17. The summed E-state index contributed by atoms with van der Waals surface area (Å²) in [7, 11) is 0. The lowest BCUT2D eigenvalue weighted by Crippen LogP contribution is -1.84. The van der Waals surface area contributed by atoms with Gasteiger partial charge in [-0.05, 0) is 30.3 Å². The first-order chi connectivity index (χ1) is 12.9. The zero-order chi connectivity index (χ0) is 17.1. The molecule has 0 saturated heterocycles. The summed E-state index contributed by atoms with van der Waals surface area (Å²) in [4.78, 5) is 11.8. The Morgan fingerprint density at radius 1 is 0.538 bits per heavy atom. The van der Waals surface area contributed by atoms with Crippen molar-refractivity contribution in [2.24, 2.45) is 0 Å². The average Bonchev–Trinajstić information content (AvgIpc) is 3.24. The van der Waals surface area contributed by atoms with Crippen LogP contribution in [-0.2, 0) is 0 Å². The summed E-state index contributed by atoms with van der Waals surface area (Å²) in [6.45, 7) is 0. The first-order valence-corrected chi connectivity index (χ1v) is 8.75. The standard InChI is InChI=1S/C23H15N3/c1-3-7-20-15(5-1)17-10-9-14(13-22(17)24-20)19-12-11-18-16-6-2-4-8-21(16)26-23(18)25-19/h1-13,24H,(H,25,26). The van der Waals surface area contributed by atoms with Gasteiger partial charge in [0.1, 0.15) is 5.65 Å². The molecule has 0 aliphatic carbocycles. The van der Waals surface area contributed by atoms with E-state index in [2.05, 4.69) is 82.8 Å². The van der Waals surface area contributed by atoms with Gasteiger partial charge < -0.3 is 9.97 Å². The summed E-state index contributed by atoms with van der Waals surface area (Å²) in [5.41, 5.74) is 6.45. The van der Waals surface area contributed by atoms with Crippen LogP contribution in [0.3, 0.4) is 0 Å². The Labute approximate surface area is 149 Å². The van der Waals surface area contributed by atoms with E-state index in [-0.39, 0.29) is 0 Å². The molecule has 0 unspecified atom stereocenters. The van der Waals surface area contributed by atoms with E-state index < -0.39 is 0 Å². The molecule has 0 fully saturated rings. The van der Waals surface area contributed by atoms with Gasteiger partial charge in [-0.1, -0.05) is 48.5 Å². The fourth-order valence-corrected chi connectivity index (χ4v) is 3.90. The van der Waals surface area contributed by atoms with Crippen LogP contribution < -0.4 is 0 Å². The minimum Gasteiger partial charge on any atom is -0.354 e. The van der Waals surface area contributed by atoms with E-state index in [1.807, 2.05) is 6.07 Å². The number of benzene rings is 3. The Morgan fingerprint density at radius 2 is 1.19 bits per heavy atom. The fraction of sp³-hybridized carbons (Fsp3) is 0. The van der Waals surface area contributed by atoms with Crippen LogP contribution in [-0.4, -0.2) is 15.0 Å². The second kappa shape index (κ2) is 4.96. The van der Waals surface area contributed by atoms with Crippen molar-refractivity contribution >= 4 is 43.7 Å². The SMILES string of the molecule is c1ccc2c(c1)[nH]c1cc(-c3ccc4c(n3)[nH]c3ccccc34)ccc12. The lowest BCUT2D eigenvalue weighted by molar-refractivity contribution is 1.34. The third kappa shape index (κ3) is 1.85. The molecule has 3 aromatic carbocycles. The Hall–Kier alpha value is -3.59. The van der Waals surface area contributed by atoms with Gasteiger partial charge in [0.15, 0.2) is 0 Å². The normalized spacial score (nSPS) is 11.8. The number of hydrogen-bond donors (Lipinski definition) is 2. The molecule has 0 saturated carbocycles. The third-order valence-corrected chi connectivity index (χ3v) is 5.17. The summed E-state index contributed by atoms with van der Waals surface area (Å²) in [6, 6.07) is 27.5. The molecule has 122 valence electrons. The largest absolute Gasteiger partial charge is 0.354 e. The predicted octanol–water partition coefficient (Wildman–Crippen LogP) is 6.02. The van der Waals surface area contributed by atoms with E-state index in [0.29, 0.717) is 0 Å². The molecule has 26 heavy (non-hydrogen) atoms. The molecule has 3 nitrogen and oxygen atoms in total. The van der Waals surface area contributed by atoms with E-state index in [1.165, 1.54) is 21.7 Å².